The van der Waals surface area contributed by atoms with E-state index < -0.39 is 24.3 Å². The van der Waals surface area contributed by atoms with Crippen LogP contribution in [-0.4, -0.2) is 30.1 Å². The van der Waals surface area contributed by atoms with Crippen molar-refractivity contribution in [3.05, 3.63) is 35.1 Å². The van der Waals surface area contributed by atoms with E-state index in [0.717, 1.165) is 6.07 Å². The Balaban J connectivity index is 2.56. The average Bonchev–Trinajstić information content (AvgIpc) is 2.30. The highest BCUT2D eigenvalue weighted by Gasteiger charge is 2.16. The minimum absolute atomic E-state index is 0.0314. The molecule has 0 saturated carbocycles. The molecule has 7 heteroatoms. The third kappa shape index (κ3) is 4.01. The van der Waals surface area contributed by atoms with Crippen LogP contribution in [0.4, 0.5) is 13.2 Å². The van der Waals surface area contributed by atoms with E-state index in [2.05, 4.69) is 5.32 Å². The Hall–Kier alpha value is -1.60. The van der Waals surface area contributed by atoms with Crippen molar-refractivity contribution < 1.29 is 23.1 Å². The van der Waals surface area contributed by atoms with Crippen LogP contribution in [0.25, 0.3) is 0 Å². The molecule has 1 aromatic carbocycles. The van der Waals surface area contributed by atoms with Crippen LogP contribution >= 0.6 is 0 Å². The molecule has 1 atom stereocenters. The number of benzene rings is 1. The van der Waals surface area contributed by atoms with Gasteiger partial charge >= 0.3 is 0 Å². The third-order valence-corrected chi connectivity index (χ3v) is 2.30. The molecule has 0 radical (unpaired) electrons. The molecule has 0 heterocycles. The fraction of sp³-hybridized carbons (Fsp3) is 0.364. The van der Waals surface area contributed by atoms with Gasteiger partial charge in [0.05, 0.1) is 0 Å². The van der Waals surface area contributed by atoms with Crippen molar-refractivity contribution in [2.75, 3.05) is 6.54 Å². The van der Waals surface area contributed by atoms with Gasteiger partial charge in [0.15, 0.2) is 0 Å². The Labute approximate surface area is 102 Å². The van der Waals surface area contributed by atoms with E-state index in [9.17, 15) is 18.0 Å². The van der Waals surface area contributed by atoms with Crippen LogP contribution in [-0.2, 0) is 6.54 Å². The Morgan fingerprint density at radius 1 is 1.44 bits per heavy atom. The summed E-state index contributed by atoms with van der Waals surface area (Å²) in [4.78, 5) is 10.8. The second-order valence-electron chi connectivity index (χ2n) is 3.70. The highest BCUT2D eigenvalue weighted by molar-refractivity contribution is 5.92. The van der Waals surface area contributed by atoms with E-state index in [-0.39, 0.29) is 24.2 Å². The molecule has 0 aliphatic rings. The first-order chi connectivity index (χ1) is 8.41. The maximum atomic E-state index is 13.4. The molecule has 0 aromatic heterocycles. The van der Waals surface area contributed by atoms with Crippen LogP contribution in [0.2, 0.25) is 0 Å². The molecule has 0 aliphatic heterocycles. The molecule has 1 unspecified atom stereocenters. The van der Waals surface area contributed by atoms with Gasteiger partial charge in [0.25, 0.3) is 6.43 Å². The van der Waals surface area contributed by atoms with E-state index in [0.29, 0.717) is 0 Å². The molecule has 1 aromatic rings. The number of nitrogens with one attached hydrogen (secondary N) is 1. The van der Waals surface area contributed by atoms with Gasteiger partial charge in [-0.25, -0.2) is 13.2 Å². The van der Waals surface area contributed by atoms with Gasteiger partial charge in [-0.05, 0) is 12.1 Å². The molecule has 4 nitrogen and oxygen atoms in total. The zero-order valence-electron chi connectivity index (χ0n) is 9.37. The van der Waals surface area contributed by atoms with Gasteiger partial charge < -0.3 is 16.2 Å². The number of rotatable bonds is 6. The molecule has 1 amide bonds. The van der Waals surface area contributed by atoms with E-state index in [4.69, 9.17) is 10.8 Å². The van der Waals surface area contributed by atoms with Crippen LogP contribution in [0.3, 0.4) is 0 Å². The lowest BCUT2D eigenvalue weighted by molar-refractivity contribution is -0.00343. The van der Waals surface area contributed by atoms with Gasteiger partial charge in [0.2, 0.25) is 5.91 Å². The quantitative estimate of drug-likeness (QED) is 0.704. The average molecular weight is 262 g/mol. The van der Waals surface area contributed by atoms with Crippen LogP contribution < -0.4 is 11.1 Å². The lowest BCUT2D eigenvalue weighted by Gasteiger charge is -2.11. The summed E-state index contributed by atoms with van der Waals surface area (Å²) in [7, 11) is 0. The summed E-state index contributed by atoms with van der Waals surface area (Å²) in [5, 5.41) is 11.3. The molecule has 1 rings (SSSR count). The number of amides is 1. The molecular formula is C11H13F3N2O2. The first kappa shape index (κ1) is 14.5. The van der Waals surface area contributed by atoms with Gasteiger partial charge in [0, 0.05) is 24.2 Å². The van der Waals surface area contributed by atoms with Gasteiger partial charge in [-0.3, -0.25) is 4.79 Å². The van der Waals surface area contributed by atoms with E-state index in [1.807, 2.05) is 0 Å². The number of hydrogen-bond acceptors (Lipinski definition) is 3. The smallest absolute Gasteiger partial charge is 0.265 e. The summed E-state index contributed by atoms with van der Waals surface area (Å²) in [6, 6.07) is 3.64. The van der Waals surface area contributed by atoms with E-state index >= 15 is 0 Å². The molecule has 0 fully saturated rings. The Morgan fingerprint density at radius 2 is 2.11 bits per heavy atom. The molecule has 18 heavy (non-hydrogen) atoms. The molecule has 0 aliphatic carbocycles. The van der Waals surface area contributed by atoms with Crippen LogP contribution in [0.5, 0.6) is 0 Å². The minimum Gasteiger partial charge on any atom is -0.386 e. The van der Waals surface area contributed by atoms with Gasteiger partial charge in [-0.15, -0.1) is 0 Å². The van der Waals surface area contributed by atoms with Crippen molar-refractivity contribution in [3.63, 3.8) is 0 Å². The lowest BCUT2D eigenvalue weighted by atomic mass is 10.1. The fourth-order valence-corrected chi connectivity index (χ4v) is 1.29. The van der Waals surface area contributed by atoms with Gasteiger partial charge in [-0.1, -0.05) is 6.07 Å². The number of alkyl halides is 2. The summed E-state index contributed by atoms with van der Waals surface area (Å²) in [6.07, 6.45) is -4.64. The van der Waals surface area contributed by atoms with Crippen molar-refractivity contribution in [2.45, 2.75) is 19.1 Å². The standard InChI is InChI=1S/C11H13F3N2O2/c12-8-3-6(11(15)18)1-2-7(8)4-16-5-9(17)10(13)14/h1-3,9-10,16-17H,4-5H2,(H2,15,18). The van der Waals surface area contributed by atoms with Crippen LogP contribution in [0, 0.1) is 5.82 Å². The molecule has 0 bridgehead atoms. The van der Waals surface area contributed by atoms with E-state index in [1.54, 1.807) is 0 Å². The molecule has 0 saturated heterocycles. The summed E-state index contributed by atoms with van der Waals surface area (Å²) in [5.41, 5.74) is 5.20. The number of primary amides is 1. The fourth-order valence-electron chi connectivity index (χ4n) is 1.29. The van der Waals surface area contributed by atoms with Crippen LogP contribution in [0.15, 0.2) is 18.2 Å². The molecule has 4 N–H and O–H groups in total. The van der Waals surface area contributed by atoms with Crippen molar-refractivity contribution >= 4 is 5.91 Å². The van der Waals surface area contributed by atoms with Crippen molar-refractivity contribution in [3.8, 4) is 0 Å². The van der Waals surface area contributed by atoms with Crippen molar-refractivity contribution in [1.82, 2.24) is 5.32 Å². The Bertz CT molecular complexity index is 427. The highest BCUT2D eigenvalue weighted by Crippen LogP contribution is 2.10. The number of halogens is 3. The van der Waals surface area contributed by atoms with Gasteiger partial charge in [-0.2, -0.15) is 0 Å². The van der Waals surface area contributed by atoms with E-state index in [1.165, 1.54) is 12.1 Å². The topological polar surface area (TPSA) is 75.4 Å². The predicted octanol–water partition coefficient (Wildman–Crippen LogP) is 0.640. The highest BCUT2D eigenvalue weighted by atomic mass is 19.3. The second kappa shape index (κ2) is 6.36. The molecule has 100 valence electrons. The normalized spacial score (nSPS) is 12.7. The van der Waals surface area contributed by atoms with Crippen molar-refractivity contribution in [1.29, 1.82) is 0 Å². The zero-order valence-corrected chi connectivity index (χ0v) is 9.37. The third-order valence-electron chi connectivity index (χ3n) is 2.30. The number of carbonyl (C=O) groups is 1. The lowest BCUT2D eigenvalue weighted by Crippen LogP contribution is -2.31. The zero-order chi connectivity index (χ0) is 13.7. The number of nitrogens with two attached hydrogens (primary N) is 1. The van der Waals surface area contributed by atoms with Crippen molar-refractivity contribution in [2.24, 2.45) is 5.73 Å². The number of hydrogen-bond donors (Lipinski definition) is 3. The first-order valence-electron chi connectivity index (χ1n) is 5.17. The summed E-state index contributed by atoms with van der Waals surface area (Å²) < 4.78 is 37.4. The first-order valence-corrected chi connectivity index (χ1v) is 5.17. The van der Waals surface area contributed by atoms with Gasteiger partial charge in [0.1, 0.15) is 11.9 Å². The Morgan fingerprint density at radius 3 is 2.61 bits per heavy atom. The maximum absolute atomic E-state index is 13.4. The minimum atomic E-state index is -2.85. The number of aliphatic hydroxyl groups is 1. The second-order valence-corrected chi connectivity index (χ2v) is 3.70. The predicted molar refractivity (Wildman–Crippen MR) is 58.6 cm³/mol. The number of carbonyl (C=O) groups excluding carboxylic acids is 1. The van der Waals surface area contributed by atoms with Crippen LogP contribution in [0.1, 0.15) is 15.9 Å². The Kier molecular flexibility index (Phi) is 5.11. The number of aliphatic hydroxyl groups excluding tert-OH is 1. The maximum Gasteiger partial charge on any atom is 0.265 e. The summed E-state index contributed by atoms with van der Waals surface area (Å²) in [6.45, 7) is -0.386. The molecular weight excluding hydrogens is 249 g/mol. The molecule has 0 spiro atoms. The summed E-state index contributed by atoms with van der Waals surface area (Å²) >= 11 is 0. The monoisotopic (exact) mass is 262 g/mol. The summed E-state index contributed by atoms with van der Waals surface area (Å²) in [5.74, 6) is -1.41. The SMILES string of the molecule is NC(=O)c1ccc(CNCC(O)C(F)F)c(F)c1. The largest absolute Gasteiger partial charge is 0.386 e.